The van der Waals surface area contributed by atoms with Gasteiger partial charge >= 0.3 is 5.69 Å². The second kappa shape index (κ2) is 4.24. The first kappa shape index (κ1) is 12.0. The minimum absolute atomic E-state index is 0.0707. The zero-order valence-electron chi connectivity index (χ0n) is 10.8. The Labute approximate surface area is 109 Å². The van der Waals surface area contributed by atoms with Gasteiger partial charge in [0, 0.05) is 11.6 Å². The summed E-state index contributed by atoms with van der Waals surface area (Å²) >= 11 is 0. The van der Waals surface area contributed by atoms with Crippen LogP contribution in [-0.2, 0) is 0 Å². The van der Waals surface area contributed by atoms with Crippen LogP contribution in [0.2, 0.25) is 0 Å². The standard InChI is InChI=1S/C13H16N4O2/c1-7(2)10(6-18)17-11-8-3-4-14-12(8)15-5-9(11)16-13(17)19/h3-5,7,10,18H,6H2,1-2H3,(H,14,15)(H,16,19)/t10-/m1/s1. The molecule has 6 heteroatoms. The lowest BCUT2D eigenvalue weighted by Crippen LogP contribution is -2.28. The third-order valence-corrected chi connectivity index (χ3v) is 3.55. The van der Waals surface area contributed by atoms with Gasteiger partial charge in [-0.3, -0.25) is 4.57 Å². The Morgan fingerprint density at radius 1 is 1.47 bits per heavy atom. The largest absolute Gasteiger partial charge is 0.394 e. The van der Waals surface area contributed by atoms with Crippen LogP contribution in [0.4, 0.5) is 0 Å². The molecule has 0 radical (unpaired) electrons. The number of nitrogens with zero attached hydrogens (tertiary/aromatic N) is 2. The van der Waals surface area contributed by atoms with E-state index >= 15 is 0 Å². The molecule has 3 aromatic rings. The van der Waals surface area contributed by atoms with Crippen LogP contribution in [0.1, 0.15) is 19.9 Å². The number of aliphatic hydroxyl groups excluding tert-OH is 1. The van der Waals surface area contributed by atoms with Crippen LogP contribution < -0.4 is 5.69 Å². The zero-order valence-corrected chi connectivity index (χ0v) is 10.8. The first-order valence-electron chi connectivity index (χ1n) is 6.30. The van der Waals surface area contributed by atoms with E-state index < -0.39 is 0 Å². The molecule has 0 unspecified atom stereocenters. The highest BCUT2D eigenvalue weighted by Crippen LogP contribution is 2.25. The molecular weight excluding hydrogens is 244 g/mol. The molecule has 0 aliphatic heterocycles. The topological polar surface area (TPSA) is 86.7 Å². The molecule has 3 aromatic heterocycles. The van der Waals surface area contributed by atoms with Gasteiger partial charge in [-0.1, -0.05) is 13.8 Å². The number of H-pyrrole nitrogens is 2. The molecule has 0 aliphatic carbocycles. The number of aromatic nitrogens is 4. The molecule has 0 amide bonds. The van der Waals surface area contributed by atoms with Gasteiger partial charge in [0.2, 0.25) is 0 Å². The van der Waals surface area contributed by atoms with Crippen molar-refractivity contribution < 1.29 is 5.11 Å². The van der Waals surface area contributed by atoms with Crippen molar-refractivity contribution in [2.75, 3.05) is 6.61 Å². The third-order valence-electron chi connectivity index (χ3n) is 3.55. The molecular formula is C13H16N4O2. The van der Waals surface area contributed by atoms with Crippen LogP contribution in [0.3, 0.4) is 0 Å². The molecule has 0 bridgehead atoms. The molecule has 0 fully saturated rings. The van der Waals surface area contributed by atoms with Crippen molar-refractivity contribution in [3.05, 3.63) is 28.9 Å². The molecule has 3 heterocycles. The van der Waals surface area contributed by atoms with Crippen LogP contribution in [0.15, 0.2) is 23.3 Å². The van der Waals surface area contributed by atoms with E-state index in [4.69, 9.17) is 0 Å². The smallest absolute Gasteiger partial charge is 0.326 e. The van der Waals surface area contributed by atoms with E-state index in [-0.39, 0.29) is 24.3 Å². The molecule has 6 nitrogen and oxygen atoms in total. The second-order valence-electron chi connectivity index (χ2n) is 5.05. The maximum Gasteiger partial charge on any atom is 0.326 e. The predicted molar refractivity (Wildman–Crippen MR) is 73.2 cm³/mol. The lowest BCUT2D eigenvalue weighted by Gasteiger charge is -2.20. The van der Waals surface area contributed by atoms with E-state index in [1.54, 1.807) is 17.0 Å². The quantitative estimate of drug-likeness (QED) is 0.665. The van der Waals surface area contributed by atoms with Gasteiger partial charge in [0.1, 0.15) is 5.65 Å². The Balaban J connectivity index is 2.42. The van der Waals surface area contributed by atoms with E-state index in [0.29, 0.717) is 5.52 Å². The number of hydrogen-bond acceptors (Lipinski definition) is 3. The Hall–Kier alpha value is -2.08. The highest BCUT2D eigenvalue weighted by Gasteiger charge is 2.21. The monoisotopic (exact) mass is 260 g/mol. The summed E-state index contributed by atoms with van der Waals surface area (Å²) in [5.41, 5.74) is 2.01. The molecule has 0 saturated heterocycles. The maximum absolute atomic E-state index is 12.2. The summed E-state index contributed by atoms with van der Waals surface area (Å²) < 4.78 is 1.64. The van der Waals surface area contributed by atoms with Crippen molar-refractivity contribution >= 4 is 22.1 Å². The Bertz CT molecular complexity index is 781. The summed E-state index contributed by atoms with van der Waals surface area (Å²) in [6.45, 7) is 3.90. The minimum Gasteiger partial charge on any atom is -0.394 e. The molecule has 0 aromatic carbocycles. The second-order valence-corrected chi connectivity index (χ2v) is 5.05. The van der Waals surface area contributed by atoms with Gasteiger partial charge in [-0.05, 0) is 12.0 Å². The molecule has 1 atom stereocenters. The van der Waals surface area contributed by atoms with Crippen molar-refractivity contribution in [2.45, 2.75) is 19.9 Å². The number of rotatable bonds is 3. The van der Waals surface area contributed by atoms with Crippen LogP contribution in [-0.4, -0.2) is 31.2 Å². The molecule has 0 aliphatic rings. The van der Waals surface area contributed by atoms with E-state index in [0.717, 1.165) is 16.6 Å². The van der Waals surface area contributed by atoms with Gasteiger partial charge < -0.3 is 15.1 Å². The van der Waals surface area contributed by atoms with Crippen LogP contribution >= 0.6 is 0 Å². The number of hydrogen-bond donors (Lipinski definition) is 3. The van der Waals surface area contributed by atoms with E-state index in [2.05, 4.69) is 15.0 Å². The van der Waals surface area contributed by atoms with E-state index in [1.807, 2.05) is 19.9 Å². The van der Waals surface area contributed by atoms with E-state index in [1.165, 1.54) is 0 Å². The average Bonchev–Trinajstić information content (AvgIpc) is 2.94. The first-order chi connectivity index (χ1) is 9.13. The summed E-state index contributed by atoms with van der Waals surface area (Å²) in [7, 11) is 0. The number of imidazole rings is 1. The van der Waals surface area contributed by atoms with Gasteiger partial charge in [-0.25, -0.2) is 9.78 Å². The molecule has 0 saturated carbocycles. The van der Waals surface area contributed by atoms with Gasteiger partial charge in [0.15, 0.2) is 0 Å². The van der Waals surface area contributed by atoms with Crippen molar-refractivity contribution in [3.63, 3.8) is 0 Å². The molecule has 19 heavy (non-hydrogen) atoms. The van der Waals surface area contributed by atoms with E-state index in [9.17, 15) is 9.90 Å². The van der Waals surface area contributed by atoms with Gasteiger partial charge in [-0.15, -0.1) is 0 Å². The minimum atomic E-state index is -0.248. The molecule has 3 rings (SSSR count). The summed E-state index contributed by atoms with van der Waals surface area (Å²) in [6.07, 6.45) is 3.43. The highest BCUT2D eigenvalue weighted by molar-refractivity contribution is 6.00. The van der Waals surface area contributed by atoms with Crippen molar-refractivity contribution in [1.29, 1.82) is 0 Å². The van der Waals surface area contributed by atoms with Crippen LogP contribution in [0, 0.1) is 5.92 Å². The predicted octanol–water partition coefficient (Wildman–Crippen LogP) is 1.40. The average molecular weight is 260 g/mol. The SMILES string of the molecule is CC(C)[C@@H](CO)n1c(=O)[nH]c2cnc3[nH]ccc3c21. The fourth-order valence-electron chi connectivity index (χ4n) is 2.53. The van der Waals surface area contributed by atoms with Gasteiger partial charge in [0.25, 0.3) is 0 Å². The Morgan fingerprint density at radius 2 is 2.26 bits per heavy atom. The molecule has 0 spiro atoms. The van der Waals surface area contributed by atoms with Crippen LogP contribution in [0.5, 0.6) is 0 Å². The number of aromatic amines is 2. The number of nitrogens with one attached hydrogen (secondary N) is 2. The summed E-state index contributed by atoms with van der Waals surface area (Å²) in [6, 6.07) is 1.64. The normalized spacial score (nSPS) is 13.7. The number of aliphatic hydroxyl groups is 1. The van der Waals surface area contributed by atoms with Crippen molar-refractivity contribution in [3.8, 4) is 0 Å². The highest BCUT2D eigenvalue weighted by atomic mass is 16.3. The number of pyridine rings is 1. The fraction of sp³-hybridized carbons (Fsp3) is 0.385. The summed E-state index contributed by atoms with van der Waals surface area (Å²) in [5, 5.41) is 10.5. The summed E-state index contributed by atoms with van der Waals surface area (Å²) in [5.74, 6) is 0.156. The maximum atomic E-state index is 12.2. The number of fused-ring (bicyclic) bond motifs is 3. The Kier molecular flexibility index (Phi) is 2.67. The van der Waals surface area contributed by atoms with Crippen molar-refractivity contribution in [2.24, 2.45) is 5.92 Å². The molecule has 3 N–H and O–H groups in total. The third kappa shape index (κ3) is 1.67. The fourth-order valence-corrected chi connectivity index (χ4v) is 2.53. The molecule has 100 valence electrons. The first-order valence-corrected chi connectivity index (χ1v) is 6.30. The van der Waals surface area contributed by atoms with Gasteiger partial charge in [-0.2, -0.15) is 0 Å². The summed E-state index contributed by atoms with van der Waals surface area (Å²) in [4.78, 5) is 22.2. The lowest BCUT2D eigenvalue weighted by atomic mass is 10.0. The Morgan fingerprint density at radius 3 is 2.95 bits per heavy atom. The van der Waals surface area contributed by atoms with Crippen LogP contribution in [0.25, 0.3) is 22.1 Å². The zero-order chi connectivity index (χ0) is 13.6. The van der Waals surface area contributed by atoms with Crippen molar-refractivity contribution in [1.82, 2.24) is 19.5 Å². The lowest BCUT2D eigenvalue weighted by molar-refractivity contribution is 0.193. The van der Waals surface area contributed by atoms with Gasteiger partial charge in [0.05, 0.1) is 29.9 Å².